The van der Waals surface area contributed by atoms with E-state index in [1.807, 2.05) is 12.1 Å². The van der Waals surface area contributed by atoms with Crippen LogP contribution in [0.5, 0.6) is 0 Å². The van der Waals surface area contributed by atoms with Crippen molar-refractivity contribution >= 4 is 23.2 Å². The Bertz CT molecular complexity index is 804. The van der Waals surface area contributed by atoms with E-state index in [4.69, 9.17) is 16.3 Å². The fraction of sp³-hybridized carbons (Fsp3) is 0.316. The molecule has 1 fully saturated rings. The van der Waals surface area contributed by atoms with Crippen molar-refractivity contribution in [2.75, 3.05) is 31.6 Å². The highest BCUT2D eigenvalue weighted by atomic mass is 35.5. The van der Waals surface area contributed by atoms with Gasteiger partial charge in [0.2, 0.25) is 0 Å². The van der Waals surface area contributed by atoms with Crippen molar-refractivity contribution in [3.05, 3.63) is 64.2 Å². The zero-order chi connectivity index (χ0) is 19.4. The summed E-state index contributed by atoms with van der Waals surface area (Å²) in [6.07, 6.45) is -4.51. The van der Waals surface area contributed by atoms with E-state index in [0.29, 0.717) is 18.8 Å². The van der Waals surface area contributed by atoms with Gasteiger partial charge in [-0.2, -0.15) is 13.2 Å². The minimum atomic E-state index is -4.51. The average Bonchev–Trinajstić information content (AvgIpc) is 2.64. The van der Waals surface area contributed by atoms with Gasteiger partial charge < -0.3 is 10.1 Å². The minimum Gasteiger partial charge on any atom is -0.379 e. The Balaban J connectivity index is 1.67. The van der Waals surface area contributed by atoms with Gasteiger partial charge in [-0.3, -0.25) is 9.69 Å². The van der Waals surface area contributed by atoms with Gasteiger partial charge in [-0.15, -0.1) is 0 Å². The Hall–Kier alpha value is -2.09. The molecule has 1 saturated heterocycles. The molecule has 1 heterocycles. The predicted octanol–water partition coefficient (Wildman–Crippen LogP) is 4.44. The number of carbonyl (C=O) groups excluding carboxylic acids is 1. The van der Waals surface area contributed by atoms with E-state index in [1.54, 1.807) is 12.1 Å². The van der Waals surface area contributed by atoms with Crippen LogP contribution < -0.4 is 5.32 Å². The molecule has 1 N–H and O–H groups in total. The standard InChI is InChI=1S/C19H18ClF3N2O2/c20-16-6-5-15(19(21,22)23)11-17(16)24-18(26)14-3-1-13(2-4-14)12-25-7-9-27-10-8-25/h1-6,11H,7-10,12H2,(H,24,26). The zero-order valence-corrected chi connectivity index (χ0v) is 15.1. The van der Waals surface area contributed by atoms with Crippen LogP contribution in [0, 0.1) is 0 Å². The van der Waals surface area contributed by atoms with Crippen LogP contribution in [-0.4, -0.2) is 37.1 Å². The normalized spacial score (nSPS) is 15.6. The lowest BCUT2D eigenvalue weighted by atomic mass is 10.1. The molecule has 2 aromatic rings. The molecule has 1 aliphatic rings. The number of alkyl halides is 3. The molecule has 3 rings (SSSR count). The molecular formula is C19H18ClF3N2O2. The van der Waals surface area contributed by atoms with Crippen LogP contribution in [0.25, 0.3) is 0 Å². The smallest absolute Gasteiger partial charge is 0.379 e. The molecule has 4 nitrogen and oxygen atoms in total. The van der Waals surface area contributed by atoms with Crippen molar-refractivity contribution in [2.24, 2.45) is 0 Å². The lowest BCUT2D eigenvalue weighted by molar-refractivity contribution is -0.137. The van der Waals surface area contributed by atoms with Crippen LogP contribution in [0.4, 0.5) is 18.9 Å². The van der Waals surface area contributed by atoms with Gasteiger partial charge in [0, 0.05) is 25.2 Å². The molecule has 0 atom stereocenters. The number of hydrogen-bond acceptors (Lipinski definition) is 3. The summed E-state index contributed by atoms with van der Waals surface area (Å²) in [5.74, 6) is -0.519. The van der Waals surface area contributed by atoms with Gasteiger partial charge in [-0.1, -0.05) is 23.7 Å². The van der Waals surface area contributed by atoms with Crippen LogP contribution in [-0.2, 0) is 17.5 Å². The molecule has 0 spiro atoms. The highest BCUT2D eigenvalue weighted by molar-refractivity contribution is 6.34. The topological polar surface area (TPSA) is 41.6 Å². The van der Waals surface area contributed by atoms with Gasteiger partial charge in [-0.05, 0) is 35.9 Å². The van der Waals surface area contributed by atoms with E-state index < -0.39 is 17.6 Å². The van der Waals surface area contributed by atoms with Crippen LogP contribution in [0.3, 0.4) is 0 Å². The van der Waals surface area contributed by atoms with Crippen molar-refractivity contribution in [1.29, 1.82) is 0 Å². The van der Waals surface area contributed by atoms with Gasteiger partial charge in [0.05, 0.1) is 29.5 Å². The molecule has 0 saturated carbocycles. The summed E-state index contributed by atoms with van der Waals surface area (Å²) in [6.45, 7) is 3.88. The lowest BCUT2D eigenvalue weighted by Crippen LogP contribution is -2.35. The quantitative estimate of drug-likeness (QED) is 0.827. The number of nitrogens with one attached hydrogen (secondary N) is 1. The third-order valence-electron chi connectivity index (χ3n) is 4.27. The number of carbonyl (C=O) groups is 1. The molecule has 0 radical (unpaired) electrons. The van der Waals surface area contributed by atoms with Crippen molar-refractivity contribution in [3.63, 3.8) is 0 Å². The second kappa shape index (κ2) is 8.29. The second-order valence-corrected chi connectivity index (χ2v) is 6.64. The predicted molar refractivity (Wildman–Crippen MR) is 96.9 cm³/mol. The molecule has 1 amide bonds. The van der Waals surface area contributed by atoms with E-state index in [0.717, 1.165) is 43.4 Å². The number of halogens is 4. The van der Waals surface area contributed by atoms with Gasteiger partial charge in [-0.25, -0.2) is 0 Å². The Labute approximate surface area is 159 Å². The third-order valence-corrected chi connectivity index (χ3v) is 4.60. The molecule has 144 valence electrons. The summed E-state index contributed by atoms with van der Waals surface area (Å²) in [5, 5.41) is 2.48. The first kappa shape index (κ1) is 19.7. The number of rotatable bonds is 4. The number of morpholine rings is 1. The molecule has 1 aliphatic heterocycles. The Morgan fingerprint density at radius 1 is 1.11 bits per heavy atom. The fourth-order valence-corrected chi connectivity index (χ4v) is 2.94. The van der Waals surface area contributed by atoms with Gasteiger partial charge in [0.1, 0.15) is 0 Å². The summed E-state index contributed by atoms with van der Waals surface area (Å²) in [7, 11) is 0. The maximum Gasteiger partial charge on any atom is 0.416 e. The largest absolute Gasteiger partial charge is 0.416 e. The second-order valence-electron chi connectivity index (χ2n) is 6.23. The maximum atomic E-state index is 12.8. The van der Waals surface area contributed by atoms with E-state index in [2.05, 4.69) is 10.2 Å². The van der Waals surface area contributed by atoms with E-state index in [-0.39, 0.29) is 10.7 Å². The molecule has 0 bridgehead atoms. The molecule has 0 unspecified atom stereocenters. The highest BCUT2D eigenvalue weighted by Crippen LogP contribution is 2.34. The van der Waals surface area contributed by atoms with Crippen LogP contribution in [0.1, 0.15) is 21.5 Å². The van der Waals surface area contributed by atoms with E-state index >= 15 is 0 Å². The first-order chi connectivity index (χ1) is 12.8. The summed E-state index contributed by atoms with van der Waals surface area (Å²) in [5.41, 5.74) is 0.441. The summed E-state index contributed by atoms with van der Waals surface area (Å²) < 4.78 is 43.8. The number of hydrogen-bond donors (Lipinski definition) is 1. The van der Waals surface area contributed by atoms with Crippen LogP contribution in [0.15, 0.2) is 42.5 Å². The molecule has 0 aromatic heterocycles. The van der Waals surface area contributed by atoms with Crippen molar-refractivity contribution in [3.8, 4) is 0 Å². The Morgan fingerprint density at radius 3 is 2.41 bits per heavy atom. The highest BCUT2D eigenvalue weighted by Gasteiger charge is 2.31. The molecule has 0 aliphatic carbocycles. The Kier molecular flexibility index (Phi) is 6.04. The number of benzene rings is 2. The molecule has 27 heavy (non-hydrogen) atoms. The third kappa shape index (κ3) is 5.22. The zero-order valence-electron chi connectivity index (χ0n) is 14.4. The fourth-order valence-electron chi connectivity index (χ4n) is 2.77. The van der Waals surface area contributed by atoms with Crippen molar-refractivity contribution < 1.29 is 22.7 Å². The number of nitrogens with zero attached hydrogens (tertiary/aromatic N) is 1. The van der Waals surface area contributed by atoms with Crippen LogP contribution >= 0.6 is 11.6 Å². The van der Waals surface area contributed by atoms with E-state index in [1.165, 1.54) is 0 Å². The molecular weight excluding hydrogens is 381 g/mol. The van der Waals surface area contributed by atoms with Crippen LogP contribution in [0.2, 0.25) is 5.02 Å². The average molecular weight is 399 g/mol. The summed E-state index contributed by atoms with van der Waals surface area (Å²) in [4.78, 5) is 14.6. The van der Waals surface area contributed by atoms with Crippen molar-refractivity contribution in [2.45, 2.75) is 12.7 Å². The molecule has 8 heteroatoms. The van der Waals surface area contributed by atoms with Gasteiger partial charge in [0.15, 0.2) is 0 Å². The van der Waals surface area contributed by atoms with E-state index in [9.17, 15) is 18.0 Å². The van der Waals surface area contributed by atoms with Crippen molar-refractivity contribution in [1.82, 2.24) is 4.90 Å². The Morgan fingerprint density at radius 2 is 1.78 bits per heavy atom. The van der Waals surface area contributed by atoms with Gasteiger partial charge >= 0.3 is 6.18 Å². The number of amides is 1. The van der Waals surface area contributed by atoms with Gasteiger partial charge in [0.25, 0.3) is 5.91 Å². The SMILES string of the molecule is O=C(Nc1cc(C(F)(F)F)ccc1Cl)c1ccc(CN2CCOCC2)cc1. The summed E-state index contributed by atoms with van der Waals surface area (Å²) in [6, 6.07) is 9.77. The first-order valence-electron chi connectivity index (χ1n) is 8.40. The monoisotopic (exact) mass is 398 g/mol. The number of anilines is 1. The first-order valence-corrected chi connectivity index (χ1v) is 8.78. The lowest BCUT2D eigenvalue weighted by Gasteiger charge is -2.26. The minimum absolute atomic E-state index is 0.0419. The summed E-state index contributed by atoms with van der Waals surface area (Å²) >= 11 is 5.91. The number of ether oxygens (including phenoxy) is 1. The molecule has 2 aromatic carbocycles. The maximum absolute atomic E-state index is 12.8.